The first-order valence-corrected chi connectivity index (χ1v) is 37.3. The first-order chi connectivity index (χ1) is 39.5. The van der Waals surface area contributed by atoms with Crippen molar-refractivity contribution in [3.8, 4) is 0 Å². The number of ether oxygens (including phenoxy) is 1. The van der Waals surface area contributed by atoms with Crippen molar-refractivity contribution < 1.29 is 24.5 Å². The highest BCUT2D eigenvalue weighted by atomic mass is 16.5. The second kappa shape index (κ2) is 70.3. The van der Waals surface area contributed by atoms with Crippen molar-refractivity contribution in [2.45, 2.75) is 450 Å². The minimum atomic E-state index is -0.666. The monoisotopic (exact) mass is 1130 g/mol. The van der Waals surface area contributed by atoms with Gasteiger partial charge in [-0.3, -0.25) is 9.59 Å². The highest BCUT2D eigenvalue weighted by molar-refractivity contribution is 5.76. The average molecular weight is 1130 g/mol. The molecular weight excluding hydrogens is 983 g/mol. The zero-order chi connectivity index (χ0) is 57.8. The molecule has 0 heterocycles. The second-order valence-corrected chi connectivity index (χ2v) is 26.0. The van der Waals surface area contributed by atoms with E-state index in [2.05, 4.69) is 19.2 Å². The molecule has 0 aliphatic heterocycles. The summed E-state index contributed by atoms with van der Waals surface area (Å²) < 4.78 is 5.51. The van der Waals surface area contributed by atoms with Gasteiger partial charge in [-0.1, -0.05) is 399 Å². The van der Waals surface area contributed by atoms with Crippen LogP contribution in [0.2, 0.25) is 0 Å². The molecule has 0 radical (unpaired) electrons. The Balaban J connectivity index is 3.36. The Morgan fingerprint density at radius 2 is 0.512 bits per heavy atom. The fourth-order valence-corrected chi connectivity index (χ4v) is 12.2. The van der Waals surface area contributed by atoms with E-state index in [1.54, 1.807) is 0 Å². The number of esters is 1. The molecule has 0 saturated heterocycles. The van der Waals surface area contributed by atoms with E-state index in [1.165, 1.54) is 366 Å². The largest absolute Gasteiger partial charge is 0.466 e. The molecule has 0 aromatic carbocycles. The number of amides is 1. The molecule has 6 heteroatoms. The van der Waals surface area contributed by atoms with E-state index >= 15 is 0 Å². The van der Waals surface area contributed by atoms with Crippen molar-refractivity contribution in [3.63, 3.8) is 0 Å². The maximum atomic E-state index is 12.6. The van der Waals surface area contributed by atoms with Gasteiger partial charge in [0.15, 0.2) is 0 Å². The summed E-state index contributed by atoms with van der Waals surface area (Å²) in [6.45, 7) is 5.01. The predicted octanol–water partition coefficient (Wildman–Crippen LogP) is 24.2. The van der Waals surface area contributed by atoms with Gasteiger partial charge in [-0.15, -0.1) is 0 Å². The Hall–Kier alpha value is -1.14. The maximum Gasteiger partial charge on any atom is 0.305 e. The van der Waals surface area contributed by atoms with E-state index in [0.29, 0.717) is 25.9 Å². The highest BCUT2D eigenvalue weighted by Gasteiger charge is 2.20. The lowest BCUT2D eigenvalue weighted by molar-refractivity contribution is -0.143. The lowest BCUT2D eigenvalue weighted by Gasteiger charge is -2.22. The van der Waals surface area contributed by atoms with E-state index < -0.39 is 12.1 Å². The molecule has 0 fully saturated rings. The second-order valence-electron chi connectivity index (χ2n) is 26.0. The van der Waals surface area contributed by atoms with Gasteiger partial charge in [0.1, 0.15) is 0 Å². The van der Waals surface area contributed by atoms with Crippen molar-refractivity contribution >= 4 is 11.9 Å². The van der Waals surface area contributed by atoms with E-state index in [0.717, 1.165) is 38.5 Å². The minimum absolute atomic E-state index is 0.0170. The quantitative estimate of drug-likeness (QED) is 0.0417. The number of aliphatic hydroxyl groups is 2. The molecule has 478 valence electrons. The molecule has 1 amide bonds. The van der Waals surface area contributed by atoms with Gasteiger partial charge in [0.05, 0.1) is 25.4 Å². The Labute approximate surface area is 502 Å². The van der Waals surface area contributed by atoms with Crippen LogP contribution < -0.4 is 5.32 Å². The molecule has 0 aliphatic carbocycles. The van der Waals surface area contributed by atoms with Crippen LogP contribution >= 0.6 is 0 Å². The molecule has 0 rings (SSSR count). The average Bonchev–Trinajstić information content (AvgIpc) is 3.46. The van der Waals surface area contributed by atoms with Crippen LogP contribution in [-0.4, -0.2) is 47.4 Å². The fourth-order valence-electron chi connectivity index (χ4n) is 12.2. The molecule has 0 spiro atoms. The van der Waals surface area contributed by atoms with Gasteiger partial charge in [0.25, 0.3) is 0 Å². The van der Waals surface area contributed by atoms with Gasteiger partial charge in [-0.2, -0.15) is 0 Å². The van der Waals surface area contributed by atoms with Crippen LogP contribution in [-0.2, 0) is 14.3 Å². The molecule has 0 aromatic rings. The molecule has 2 unspecified atom stereocenters. The molecular formula is C74H147NO5. The van der Waals surface area contributed by atoms with E-state index in [9.17, 15) is 19.8 Å². The van der Waals surface area contributed by atoms with Gasteiger partial charge in [-0.05, 0) is 25.7 Å². The van der Waals surface area contributed by atoms with Crippen molar-refractivity contribution in [1.82, 2.24) is 5.32 Å². The summed E-state index contributed by atoms with van der Waals surface area (Å²) in [5.74, 6) is -0.0134. The molecule has 0 saturated carbocycles. The number of unbranched alkanes of at least 4 members (excludes halogenated alkanes) is 60. The first-order valence-electron chi connectivity index (χ1n) is 37.3. The normalized spacial score (nSPS) is 12.4. The van der Waals surface area contributed by atoms with Crippen LogP contribution in [0.15, 0.2) is 0 Å². The Morgan fingerprint density at radius 1 is 0.300 bits per heavy atom. The molecule has 2 atom stereocenters. The van der Waals surface area contributed by atoms with Gasteiger partial charge in [0, 0.05) is 12.8 Å². The lowest BCUT2D eigenvalue weighted by Crippen LogP contribution is -2.45. The standard InChI is InChI=1S/C74H147NO5/c1-3-5-7-9-11-13-15-17-19-21-23-24-25-26-27-28-31-34-38-42-46-50-54-58-62-66-72(77)71(70-76)75-73(78)67-63-59-55-51-47-43-39-35-32-29-30-33-37-41-45-49-53-57-61-65-69-80-74(79)68-64-60-56-52-48-44-40-36-22-20-18-16-14-12-10-8-6-4-2/h71-72,76-77H,3-70H2,1-2H3,(H,75,78). The zero-order valence-electron chi connectivity index (χ0n) is 54.9. The van der Waals surface area contributed by atoms with Crippen LogP contribution in [0.3, 0.4) is 0 Å². The van der Waals surface area contributed by atoms with Crippen molar-refractivity contribution in [2.75, 3.05) is 13.2 Å². The summed E-state index contributed by atoms with van der Waals surface area (Å²) in [5, 5.41) is 23.5. The third-order valence-corrected chi connectivity index (χ3v) is 17.9. The first kappa shape index (κ1) is 78.9. The number of hydrogen-bond acceptors (Lipinski definition) is 5. The zero-order valence-corrected chi connectivity index (χ0v) is 54.9. The predicted molar refractivity (Wildman–Crippen MR) is 352 cm³/mol. The maximum absolute atomic E-state index is 12.6. The van der Waals surface area contributed by atoms with Crippen molar-refractivity contribution in [3.05, 3.63) is 0 Å². The summed E-state index contributed by atoms with van der Waals surface area (Å²) in [6, 6.07) is -0.543. The SMILES string of the molecule is CCCCCCCCCCCCCCCCCCCCCCCCCCCC(O)C(CO)NC(=O)CCCCCCCCCCCCCCCCCCCCCCOC(=O)CCCCCCCCCCCCCCCCCCCC. The molecule has 0 aliphatic rings. The van der Waals surface area contributed by atoms with Crippen LogP contribution in [0, 0.1) is 0 Å². The molecule has 0 aromatic heterocycles. The third kappa shape index (κ3) is 66.0. The molecule has 3 N–H and O–H groups in total. The van der Waals surface area contributed by atoms with Gasteiger partial charge >= 0.3 is 5.97 Å². The molecule has 0 bridgehead atoms. The van der Waals surface area contributed by atoms with Gasteiger partial charge < -0.3 is 20.3 Å². The molecule has 80 heavy (non-hydrogen) atoms. The number of nitrogens with one attached hydrogen (secondary N) is 1. The summed E-state index contributed by atoms with van der Waals surface area (Å²) >= 11 is 0. The summed E-state index contributed by atoms with van der Waals surface area (Å²) in [4.78, 5) is 24.7. The van der Waals surface area contributed by atoms with Crippen LogP contribution in [0.5, 0.6) is 0 Å². The van der Waals surface area contributed by atoms with E-state index in [-0.39, 0.29) is 18.5 Å². The van der Waals surface area contributed by atoms with Crippen molar-refractivity contribution in [2.24, 2.45) is 0 Å². The van der Waals surface area contributed by atoms with Crippen LogP contribution in [0.25, 0.3) is 0 Å². The summed E-state index contributed by atoms with van der Waals surface area (Å²) in [6.07, 6.45) is 85.9. The number of rotatable bonds is 71. The number of hydrogen-bond donors (Lipinski definition) is 3. The van der Waals surface area contributed by atoms with E-state index in [1.807, 2.05) is 0 Å². The van der Waals surface area contributed by atoms with Gasteiger partial charge in [0.2, 0.25) is 5.91 Å². The van der Waals surface area contributed by atoms with Crippen LogP contribution in [0.4, 0.5) is 0 Å². The van der Waals surface area contributed by atoms with Crippen molar-refractivity contribution in [1.29, 1.82) is 0 Å². The lowest BCUT2D eigenvalue weighted by atomic mass is 10.0. The Bertz CT molecular complexity index is 1160. The van der Waals surface area contributed by atoms with Crippen LogP contribution in [0.1, 0.15) is 438 Å². The fraction of sp³-hybridized carbons (Fsp3) is 0.973. The highest BCUT2D eigenvalue weighted by Crippen LogP contribution is 2.20. The number of aliphatic hydroxyl groups excluding tert-OH is 2. The van der Waals surface area contributed by atoms with E-state index in [4.69, 9.17) is 4.74 Å². The number of carbonyl (C=O) groups is 2. The Kier molecular flexibility index (Phi) is 69.3. The minimum Gasteiger partial charge on any atom is -0.466 e. The summed E-state index contributed by atoms with van der Waals surface area (Å²) in [5.41, 5.74) is 0. The molecule has 6 nitrogen and oxygen atoms in total. The number of carbonyl (C=O) groups excluding carboxylic acids is 2. The Morgan fingerprint density at radius 3 is 0.762 bits per heavy atom. The topological polar surface area (TPSA) is 95.9 Å². The smallest absolute Gasteiger partial charge is 0.305 e. The summed E-state index contributed by atoms with van der Waals surface area (Å²) in [7, 11) is 0. The van der Waals surface area contributed by atoms with Gasteiger partial charge in [-0.25, -0.2) is 0 Å². The third-order valence-electron chi connectivity index (χ3n) is 17.9.